The van der Waals surface area contributed by atoms with E-state index >= 15 is 0 Å². The summed E-state index contributed by atoms with van der Waals surface area (Å²) >= 11 is 0. The van der Waals surface area contributed by atoms with Crippen molar-refractivity contribution >= 4 is 10.1 Å². The molecule has 2 rings (SSSR count). The number of hydrogen-bond donors (Lipinski definition) is 1. The third-order valence-corrected chi connectivity index (χ3v) is 5.08. The van der Waals surface area contributed by atoms with Gasteiger partial charge in [0, 0.05) is 0 Å². The van der Waals surface area contributed by atoms with E-state index < -0.39 is 22.3 Å². The molecule has 1 aromatic rings. The summed E-state index contributed by atoms with van der Waals surface area (Å²) in [5.41, 5.74) is 0.995. The Morgan fingerprint density at radius 3 is 2.30 bits per heavy atom. The molecule has 4 nitrogen and oxygen atoms in total. The van der Waals surface area contributed by atoms with Crippen molar-refractivity contribution in [3.05, 3.63) is 29.8 Å². The van der Waals surface area contributed by atoms with Crippen molar-refractivity contribution in [2.75, 3.05) is 0 Å². The summed E-state index contributed by atoms with van der Waals surface area (Å²) in [6.45, 7) is 1.90. The van der Waals surface area contributed by atoms with Gasteiger partial charge in [0.2, 0.25) is 0 Å². The van der Waals surface area contributed by atoms with Gasteiger partial charge in [-0.25, -0.2) is 0 Å². The van der Waals surface area contributed by atoms with E-state index in [1.165, 1.54) is 0 Å². The van der Waals surface area contributed by atoms with Crippen LogP contribution in [0, 0.1) is 6.92 Å². The number of rotatable bonds is 3. The van der Waals surface area contributed by atoms with E-state index in [1.54, 1.807) is 24.3 Å². The van der Waals surface area contributed by atoms with E-state index in [0.717, 1.165) is 31.2 Å². The highest BCUT2D eigenvalue weighted by Crippen LogP contribution is 2.24. The van der Waals surface area contributed by atoms with Crippen molar-refractivity contribution in [1.29, 1.82) is 0 Å². The van der Waals surface area contributed by atoms with Crippen LogP contribution in [-0.4, -0.2) is 25.7 Å². The minimum atomic E-state index is -3.80. The Morgan fingerprint density at radius 1 is 1.05 bits per heavy atom. The van der Waals surface area contributed by atoms with E-state index in [2.05, 4.69) is 0 Å². The maximum absolute atomic E-state index is 12.2. The first-order chi connectivity index (χ1) is 9.49. The highest BCUT2D eigenvalue weighted by atomic mass is 32.2. The van der Waals surface area contributed by atoms with Gasteiger partial charge in [-0.3, -0.25) is 4.18 Å². The van der Waals surface area contributed by atoms with Gasteiger partial charge in [0.15, 0.2) is 0 Å². The summed E-state index contributed by atoms with van der Waals surface area (Å²) in [7, 11) is -3.80. The van der Waals surface area contributed by atoms with Crippen LogP contribution in [0.1, 0.15) is 44.1 Å². The smallest absolute Gasteiger partial charge is 0.297 e. The second kappa shape index (κ2) is 6.70. The molecule has 0 heterocycles. The summed E-state index contributed by atoms with van der Waals surface area (Å²) < 4.78 is 29.7. The molecule has 1 aliphatic rings. The third kappa shape index (κ3) is 4.04. The van der Waals surface area contributed by atoms with Gasteiger partial charge >= 0.3 is 0 Å². The molecule has 0 aromatic heterocycles. The zero-order valence-electron chi connectivity index (χ0n) is 11.8. The zero-order chi connectivity index (χ0) is 14.6. The Bertz CT molecular complexity index is 521. The van der Waals surface area contributed by atoms with Gasteiger partial charge in [-0.2, -0.15) is 8.42 Å². The van der Waals surface area contributed by atoms with Crippen molar-refractivity contribution in [2.24, 2.45) is 0 Å². The fourth-order valence-electron chi connectivity index (χ4n) is 2.47. The van der Waals surface area contributed by atoms with Gasteiger partial charge in [-0.05, 0) is 31.9 Å². The summed E-state index contributed by atoms with van der Waals surface area (Å²) in [6.07, 6.45) is 3.85. The number of benzene rings is 1. The van der Waals surface area contributed by atoms with Gasteiger partial charge in [-0.15, -0.1) is 0 Å². The molecule has 1 N–H and O–H groups in total. The Kier molecular flexibility index (Phi) is 5.18. The van der Waals surface area contributed by atoms with Crippen LogP contribution in [0.15, 0.2) is 29.2 Å². The number of aryl methyl sites for hydroxylation is 1. The summed E-state index contributed by atoms with van der Waals surface area (Å²) in [5, 5.41) is 10.0. The lowest BCUT2D eigenvalue weighted by molar-refractivity contribution is 0.0224. The SMILES string of the molecule is Cc1ccc(S(=O)(=O)OC2CCCCCCC2O)cc1. The fraction of sp³-hybridized carbons (Fsp3) is 0.600. The average molecular weight is 298 g/mol. The molecule has 2 atom stereocenters. The van der Waals surface area contributed by atoms with Crippen LogP contribution < -0.4 is 0 Å². The lowest BCUT2D eigenvalue weighted by Gasteiger charge is -2.24. The molecule has 0 radical (unpaired) electrons. The summed E-state index contributed by atoms with van der Waals surface area (Å²) in [5.74, 6) is 0. The van der Waals surface area contributed by atoms with E-state index in [1.807, 2.05) is 6.92 Å². The topological polar surface area (TPSA) is 63.6 Å². The average Bonchev–Trinajstić information content (AvgIpc) is 2.39. The number of aliphatic hydroxyl groups is 1. The van der Waals surface area contributed by atoms with E-state index in [9.17, 15) is 13.5 Å². The van der Waals surface area contributed by atoms with Crippen LogP contribution in [0.3, 0.4) is 0 Å². The molecular formula is C15H22O4S. The lowest BCUT2D eigenvalue weighted by Crippen LogP contribution is -2.32. The molecule has 2 unspecified atom stereocenters. The molecule has 0 bridgehead atoms. The molecule has 112 valence electrons. The Labute approximate surface area is 120 Å². The first-order valence-electron chi connectivity index (χ1n) is 7.17. The van der Waals surface area contributed by atoms with Gasteiger partial charge in [-0.1, -0.05) is 43.4 Å². The summed E-state index contributed by atoms with van der Waals surface area (Å²) in [6, 6.07) is 6.57. The second-order valence-corrected chi connectivity index (χ2v) is 7.03. The van der Waals surface area contributed by atoms with E-state index in [-0.39, 0.29) is 4.90 Å². The number of aliphatic hydroxyl groups excluding tert-OH is 1. The standard InChI is InChI=1S/C15H22O4S/c1-12-8-10-13(11-9-12)20(17,18)19-15-7-5-3-2-4-6-14(15)16/h8-11,14-16H,2-7H2,1H3. The van der Waals surface area contributed by atoms with Crippen molar-refractivity contribution in [2.45, 2.75) is 62.6 Å². The van der Waals surface area contributed by atoms with Crippen LogP contribution in [0.2, 0.25) is 0 Å². The molecule has 0 aliphatic heterocycles. The minimum Gasteiger partial charge on any atom is -0.390 e. The fourth-order valence-corrected chi connectivity index (χ4v) is 3.60. The molecule has 0 amide bonds. The van der Waals surface area contributed by atoms with Gasteiger partial charge in [0.1, 0.15) is 6.10 Å². The monoisotopic (exact) mass is 298 g/mol. The molecule has 1 saturated carbocycles. The highest BCUT2D eigenvalue weighted by Gasteiger charge is 2.28. The van der Waals surface area contributed by atoms with Crippen molar-refractivity contribution in [3.63, 3.8) is 0 Å². The third-order valence-electron chi connectivity index (χ3n) is 3.73. The quantitative estimate of drug-likeness (QED) is 0.872. The van der Waals surface area contributed by atoms with Crippen LogP contribution in [-0.2, 0) is 14.3 Å². The van der Waals surface area contributed by atoms with Crippen LogP contribution in [0.4, 0.5) is 0 Å². The number of hydrogen-bond acceptors (Lipinski definition) is 4. The van der Waals surface area contributed by atoms with E-state index in [4.69, 9.17) is 4.18 Å². The predicted molar refractivity (Wildman–Crippen MR) is 76.9 cm³/mol. The van der Waals surface area contributed by atoms with Crippen LogP contribution in [0.25, 0.3) is 0 Å². The molecule has 20 heavy (non-hydrogen) atoms. The van der Waals surface area contributed by atoms with Crippen molar-refractivity contribution in [3.8, 4) is 0 Å². The molecule has 5 heteroatoms. The molecule has 1 aliphatic carbocycles. The van der Waals surface area contributed by atoms with Gasteiger partial charge < -0.3 is 5.11 Å². The van der Waals surface area contributed by atoms with E-state index in [0.29, 0.717) is 12.8 Å². The first-order valence-corrected chi connectivity index (χ1v) is 8.58. The maximum atomic E-state index is 12.2. The Hall–Kier alpha value is -0.910. The summed E-state index contributed by atoms with van der Waals surface area (Å²) in [4.78, 5) is 0.150. The molecule has 1 fully saturated rings. The zero-order valence-corrected chi connectivity index (χ0v) is 12.6. The molecule has 1 aromatic carbocycles. The predicted octanol–water partition coefficient (Wildman–Crippen LogP) is 2.78. The largest absolute Gasteiger partial charge is 0.390 e. The van der Waals surface area contributed by atoms with Crippen LogP contribution >= 0.6 is 0 Å². The first kappa shape index (κ1) is 15.5. The highest BCUT2D eigenvalue weighted by molar-refractivity contribution is 7.86. The van der Waals surface area contributed by atoms with Gasteiger partial charge in [0.25, 0.3) is 10.1 Å². The van der Waals surface area contributed by atoms with Gasteiger partial charge in [0.05, 0.1) is 11.0 Å². The minimum absolute atomic E-state index is 0.150. The Balaban J connectivity index is 2.11. The second-order valence-electron chi connectivity index (χ2n) is 5.46. The van der Waals surface area contributed by atoms with Crippen molar-refractivity contribution in [1.82, 2.24) is 0 Å². The Morgan fingerprint density at radius 2 is 1.65 bits per heavy atom. The normalized spacial score (nSPS) is 24.9. The van der Waals surface area contributed by atoms with Crippen molar-refractivity contribution < 1.29 is 17.7 Å². The maximum Gasteiger partial charge on any atom is 0.297 e. The molecular weight excluding hydrogens is 276 g/mol. The van der Waals surface area contributed by atoms with Crippen LogP contribution in [0.5, 0.6) is 0 Å². The lowest BCUT2D eigenvalue weighted by atomic mass is 9.96. The molecule has 0 spiro atoms. The molecule has 0 saturated heterocycles.